The molecule has 1 aromatic rings. The van der Waals surface area contributed by atoms with E-state index in [1.165, 1.54) is 25.6 Å². The maximum Gasteiger partial charge on any atom is 0.270 e. The molecule has 1 aliphatic heterocycles. The van der Waals surface area contributed by atoms with Gasteiger partial charge in [-0.1, -0.05) is 72.1 Å². The Balaban J connectivity index is 0.00000146. The van der Waals surface area contributed by atoms with Gasteiger partial charge >= 0.3 is 0 Å². The smallest absolute Gasteiger partial charge is 0.270 e. The van der Waals surface area contributed by atoms with Crippen LogP contribution >= 0.6 is 11.6 Å². The predicted molar refractivity (Wildman–Crippen MR) is 146 cm³/mol. The van der Waals surface area contributed by atoms with Crippen LogP contribution in [-0.4, -0.2) is 56.2 Å². The lowest BCUT2D eigenvalue weighted by Crippen LogP contribution is -2.36. The summed E-state index contributed by atoms with van der Waals surface area (Å²) in [5.41, 5.74) is 2.51. The summed E-state index contributed by atoms with van der Waals surface area (Å²) in [6.45, 7) is 14.3. The molecule has 1 heterocycles. The minimum atomic E-state index is -0.500. The topological polar surface area (TPSA) is 73.8 Å². The van der Waals surface area contributed by atoms with Gasteiger partial charge in [0.05, 0.1) is 17.3 Å². The highest BCUT2D eigenvalue weighted by atomic mass is 35.5. The molecule has 1 aliphatic rings. The van der Waals surface area contributed by atoms with E-state index < -0.39 is 11.7 Å². The zero-order valence-electron chi connectivity index (χ0n) is 22.7. The highest BCUT2D eigenvalue weighted by Gasteiger charge is 2.25. The third-order valence-electron chi connectivity index (χ3n) is 4.47. The van der Waals surface area contributed by atoms with Crippen LogP contribution in [0.1, 0.15) is 72.8 Å². The van der Waals surface area contributed by atoms with Crippen LogP contribution in [0.4, 0.5) is 4.39 Å². The average Bonchev–Trinajstić information content (AvgIpc) is 3.21. The van der Waals surface area contributed by atoms with Gasteiger partial charge in [-0.25, -0.2) is 9.38 Å². The second-order valence-electron chi connectivity index (χ2n) is 9.20. The molecule has 198 valence electrons. The lowest BCUT2D eigenvalue weighted by molar-refractivity contribution is -0.124. The number of carbonyl (C=O) groups is 2. The van der Waals surface area contributed by atoms with Crippen molar-refractivity contribution in [1.29, 1.82) is 0 Å². The predicted octanol–water partition coefficient (Wildman–Crippen LogP) is 5.60. The Hall–Kier alpha value is -2.25. The van der Waals surface area contributed by atoms with E-state index in [0.717, 1.165) is 30.9 Å². The molecule has 0 bridgehead atoms. The lowest BCUT2D eigenvalue weighted by Gasteiger charge is -2.17. The Morgan fingerprint density at radius 2 is 1.80 bits per heavy atom. The highest BCUT2D eigenvalue weighted by Crippen LogP contribution is 2.26. The zero-order chi connectivity index (χ0) is 27.0. The summed E-state index contributed by atoms with van der Waals surface area (Å²) >= 11 is 5.89. The molecule has 0 unspecified atom stereocenters. The van der Waals surface area contributed by atoms with E-state index in [4.69, 9.17) is 11.6 Å². The normalized spacial score (nSPS) is 12.5. The van der Waals surface area contributed by atoms with E-state index in [-0.39, 0.29) is 17.5 Å². The molecule has 1 aromatic carbocycles. The number of hydrogen-bond acceptors (Lipinski definition) is 4. The molecule has 0 saturated heterocycles. The molecule has 0 radical (unpaired) electrons. The molecular formula is C27H44ClFN4O2. The van der Waals surface area contributed by atoms with Gasteiger partial charge in [-0.3, -0.25) is 9.59 Å². The van der Waals surface area contributed by atoms with Gasteiger partial charge in [0.1, 0.15) is 11.5 Å². The number of benzene rings is 1. The first kappa shape index (κ1) is 32.8. The minimum Gasteiger partial charge on any atom is -0.358 e. The molecule has 2 amide bonds. The third kappa shape index (κ3) is 13.4. The van der Waals surface area contributed by atoms with E-state index in [1.54, 1.807) is 6.07 Å². The molecule has 35 heavy (non-hydrogen) atoms. The molecule has 2 rings (SSSR count). The number of likely N-dealkylation sites (N-methyl/N-ethyl adjacent to an activating group) is 2. The van der Waals surface area contributed by atoms with Gasteiger partial charge in [0.2, 0.25) is 5.91 Å². The molecule has 0 fully saturated rings. The van der Waals surface area contributed by atoms with E-state index in [1.807, 2.05) is 7.05 Å². The number of amides is 2. The first-order valence-electron chi connectivity index (χ1n) is 12.4. The number of rotatable bonds is 9. The zero-order valence-corrected chi connectivity index (χ0v) is 23.5. The second-order valence-corrected chi connectivity index (χ2v) is 9.61. The first-order valence-corrected chi connectivity index (χ1v) is 12.8. The van der Waals surface area contributed by atoms with Gasteiger partial charge in [-0.2, -0.15) is 0 Å². The van der Waals surface area contributed by atoms with Crippen molar-refractivity contribution in [3.8, 4) is 0 Å². The molecule has 0 spiro atoms. The van der Waals surface area contributed by atoms with Crippen LogP contribution in [-0.2, 0) is 9.59 Å². The molecule has 0 atom stereocenters. The van der Waals surface area contributed by atoms with Crippen LogP contribution < -0.4 is 10.6 Å². The molecular weight excluding hydrogens is 467 g/mol. The van der Waals surface area contributed by atoms with Crippen LogP contribution in [0.15, 0.2) is 34.5 Å². The van der Waals surface area contributed by atoms with Crippen molar-refractivity contribution in [2.24, 2.45) is 10.9 Å². The van der Waals surface area contributed by atoms with Gasteiger partial charge in [0.15, 0.2) is 0 Å². The third-order valence-corrected chi connectivity index (χ3v) is 4.76. The van der Waals surface area contributed by atoms with Crippen molar-refractivity contribution in [3.63, 3.8) is 0 Å². The molecule has 6 nitrogen and oxygen atoms in total. The quantitative estimate of drug-likeness (QED) is 0.454. The monoisotopic (exact) mass is 510 g/mol. The Kier molecular flexibility index (Phi) is 16.9. The molecule has 0 saturated carbocycles. The van der Waals surface area contributed by atoms with Crippen LogP contribution in [0.2, 0.25) is 5.02 Å². The first-order chi connectivity index (χ1) is 16.5. The molecule has 0 aliphatic carbocycles. The Labute approximate surface area is 216 Å². The fourth-order valence-electron chi connectivity index (χ4n) is 2.89. The van der Waals surface area contributed by atoms with Gasteiger partial charge < -0.3 is 15.5 Å². The van der Waals surface area contributed by atoms with E-state index in [0.29, 0.717) is 29.9 Å². The van der Waals surface area contributed by atoms with Crippen molar-refractivity contribution < 1.29 is 14.0 Å². The Morgan fingerprint density at radius 3 is 2.31 bits per heavy atom. The molecule has 0 aromatic heterocycles. The van der Waals surface area contributed by atoms with Crippen molar-refractivity contribution >= 4 is 29.1 Å². The van der Waals surface area contributed by atoms with Crippen molar-refractivity contribution in [2.45, 2.75) is 67.2 Å². The standard InChI is InChI=1S/C20H26ClFN4O2.C4H10.C3H8/c1-4-5-8-26(3)12-14-10-17(13-6-7-16(22)15(21)9-13)25-19(14)20(28)24-11-18(27)23-2;1-4(2)3;1-3-2/h6-7,9H,4-5,8,10-12H2,1-3H3,(H,23,27)(H,24,28);4H,1-3H3;3H2,1-2H3. The number of aliphatic imine (C=N–C) groups is 1. The fraction of sp³-hybridized carbons (Fsp3) is 0.593. The number of halogens is 2. The number of nitrogens with zero attached hydrogens (tertiary/aromatic N) is 2. The summed E-state index contributed by atoms with van der Waals surface area (Å²) in [6, 6.07) is 4.40. The van der Waals surface area contributed by atoms with Crippen LogP contribution in [0.3, 0.4) is 0 Å². The summed E-state index contributed by atoms with van der Waals surface area (Å²) in [5, 5.41) is 5.07. The summed E-state index contributed by atoms with van der Waals surface area (Å²) in [5.74, 6) is -0.353. The van der Waals surface area contributed by atoms with Crippen LogP contribution in [0.25, 0.3) is 0 Å². The molecule has 2 N–H and O–H groups in total. The van der Waals surface area contributed by atoms with Crippen molar-refractivity contribution in [1.82, 2.24) is 15.5 Å². The summed E-state index contributed by atoms with van der Waals surface area (Å²) in [4.78, 5) is 30.7. The largest absolute Gasteiger partial charge is 0.358 e. The van der Waals surface area contributed by atoms with E-state index in [2.05, 4.69) is 62.1 Å². The fourth-order valence-corrected chi connectivity index (χ4v) is 3.07. The molecule has 8 heteroatoms. The van der Waals surface area contributed by atoms with Gasteiger partial charge in [-0.15, -0.1) is 0 Å². The van der Waals surface area contributed by atoms with Gasteiger partial charge in [0, 0.05) is 20.0 Å². The van der Waals surface area contributed by atoms with Crippen LogP contribution in [0, 0.1) is 11.7 Å². The number of hydrogen-bond donors (Lipinski definition) is 2. The summed E-state index contributed by atoms with van der Waals surface area (Å²) in [7, 11) is 3.50. The van der Waals surface area contributed by atoms with Crippen molar-refractivity contribution in [3.05, 3.63) is 45.9 Å². The Morgan fingerprint density at radius 1 is 1.20 bits per heavy atom. The minimum absolute atomic E-state index is 0.0133. The van der Waals surface area contributed by atoms with Crippen molar-refractivity contribution in [2.75, 3.05) is 33.7 Å². The maximum absolute atomic E-state index is 13.5. The highest BCUT2D eigenvalue weighted by molar-refractivity contribution is 6.31. The second kappa shape index (κ2) is 18.1. The van der Waals surface area contributed by atoms with E-state index in [9.17, 15) is 14.0 Å². The van der Waals surface area contributed by atoms with Gasteiger partial charge in [0.25, 0.3) is 5.91 Å². The summed E-state index contributed by atoms with van der Waals surface area (Å²) in [6.07, 6.45) is 3.86. The summed E-state index contributed by atoms with van der Waals surface area (Å²) < 4.78 is 13.5. The SMILES string of the molecule is CC(C)C.CCC.CCCCN(C)CC1=C(C(=O)NCC(=O)NC)N=C(c2ccc(F)c(Cl)c2)C1. The maximum atomic E-state index is 13.5. The number of nitrogens with one attached hydrogen (secondary N) is 2. The lowest BCUT2D eigenvalue weighted by atomic mass is 10.0. The number of carbonyl (C=O) groups excluding carboxylic acids is 2. The van der Waals surface area contributed by atoms with Crippen LogP contribution in [0.5, 0.6) is 0 Å². The van der Waals surface area contributed by atoms with Gasteiger partial charge in [-0.05, 0) is 49.2 Å². The van der Waals surface area contributed by atoms with E-state index >= 15 is 0 Å². The number of unbranched alkanes of at least 4 members (excludes halogenated alkanes) is 1. The average molecular weight is 511 g/mol. The Bertz CT molecular complexity index is 866.